The summed E-state index contributed by atoms with van der Waals surface area (Å²) in [4.78, 5) is 11.9. The molecule has 0 aliphatic heterocycles. The highest BCUT2D eigenvalue weighted by Gasteiger charge is 2.60. The van der Waals surface area contributed by atoms with Gasteiger partial charge in [0.1, 0.15) is 5.75 Å². The lowest BCUT2D eigenvalue weighted by Crippen LogP contribution is -2.54. The number of fused-ring (bicyclic) bond motifs is 5. The summed E-state index contributed by atoms with van der Waals surface area (Å²) in [5.74, 6) is 2.80. The highest BCUT2D eigenvalue weighted by atomic mass is 19.4. The minimum Gasteiger partial charge on any atom is -0.488 e. The van der Waals surface area contributed by atoms with Crippen LogP contribution in [0.25, 0.3) is 0 Å². The van der Waals surface area contributed by atoms with Crippen LogP contribution in [0.4, 0.5) is 28.9 Å². The van der Waals surface area contributed by atoms with E-state index in [0.29, 0.717) is 52.8 Å². The van der Waals surface area contributed by atoms with Crippen molar-refractivity contribution in [3.8, 4) is 5.75 Å². The third kappa shape index (κ3) is 5.75. The largest absolute Gasteiger partial charge is 0.488 e. The van der Waals surface area contributed by atoms with Crippen molar-refractivity contribution >= 4 is 17.3 Å². The number of ether oxygens (including phenoxy) is 2. The van der Waals surface area contributed by atoms with Crippen molar-refractivity contribution < 1.29 is 31.8 Å². The second kappa shape index (κ2) is 11.1. The fourth-order valence-corrected chi connectivity index (χ4v) is 9.94. The van der Waals surface area contributed by atoms with Gasteiger partial charge in [0.05, 0.1) is 11.8 Å². The van der Waals surface area contributed by atoms with Crippen molar-refractivity contribution in [2.24, 2.45) is 46.3 Å². The number of carbonyl (C=O) groups is 1. The molecule has 3 unspecified atom stereocenters. The van der Waals surface area contributed by atoms with E-state index >= 15 is 0 Å². The van der Waals surface area contributed by atoms with E-state index in [1.165, 1.54) is 25.7 Å². The van der Waals surface area contributed by atoms with E-state index in [9.17, 15) is 22.4 Å². The van der Waals surface area contributed by atoms with Gasteiger partial charge in [-0.1, -0.05) is 20.8 Å². The molecule has 41 heavy (non-hydrogen) atoms. The maximum absolute atomic E-state index is 13.1. The molecule has 5 nitrogen and oxygen atoms in total. The number of carbonyl (C=O) groups excluding carboxylic acids is 1. The minimum absolute atomic E-state index is 0.162. The summed E-state index contributed by atoms with van der Waals surface area (Å²) in [7, 11) is 0. The molecule has 0 saturated heterocycles. The first-order valence-corrected chi connectivity index (χ1v) is 15.4. The molecule has 4 fully saturated rings. The zero-order chi connectivity index (χ0) is 29.7. The number of benzene rings is 1. The van der Waals surface area contributed by atoms with Gasteiger partial charge in [-0.05, 0) is 129 Å². The second-order valence-electron chi connectivity index (χ2n) is 14.1. The standard InChI is InChI=1S/C32H46F4N2O3/c1-18(4-11-28(39)41-29(33)32(34,35)36)23-8-9-24-22-7-5-19-16-21(40-27-10-6-20(37)17-26(27)38)12-14-30(19,2)25(22)13-15-31(23,24)3/h6,10,17-19,21-25,29H,4-5,7-9,11-16,37-38H2,1-3H3/t18-,19?,21?,22+,23-,24+,25+,29?,30+,31-/m1/s1. The normalized spacial score (nSPS) is 38.2. The molecule has 4 saturated carbocycles. The number of nitrogens with two attached hydrogens (primary N) is 2. The SMILES string of the molecule is C[C@H](CCC(=O)OC(F)C(F)(F)F)[C@H]1CC[C@H]2[C@@H]3CCC4CC(Oc5ccc(N)cc5N)CC[C@]4(C)[C@H]3CC[C@]12C. The quantitative estimate of drug-likeness (QED) is 0.193. The third-order valence-electron chi connectivity index (χ3n) is 12.0. The van der Waals surface area contributed by atoms with Gasteiger partial charge in [-0.15, -0.1) is 0 Å². The number of esters is 1. The van der Waals surface area contributed by atoms with Gasteiger partial charge < -0.3 is 20.9 Å². The predicted octanol–water partition coefficient (Wildman–Crippen LogP) is 8.07. The van der Waals surface area contributed by atoms with Gasteiger partial charge in [-0.25, -0.2) is 0 Å². The van der Waals surface area contributed by atoms with Crippen LogP contribution in [0.1, 0.15) is 91.4 Å². The first-order valence-electron chi connectivity index (χ1n) is 15.4. The van der Waals surface area contributed by atoms with E-state index in [-0.39, 0.29) is 23.9 Å². The molecule has 4 N–H and O–H groups in total. The Hall–Kier alpha value is -2.19. The number of anilines is 2. The summed E-state index contributed by atoms with van der Waals surface area (Å²) in [6.07, 6.45) is 1.90. The van der Waals surface area contributed by atoms with Crippen LogP contribution < -0.4 is 16.2 Å². The number of hydrogen-bond acceptors (Lipinski definition) is 5. The Bertz CT molecular complexity index is 1110. The van der Waals surface area contributed by atoms with Gasteiger partial charge in [0.25, 0.3) is 0 Å². The van der Waals surface area contributed by atoms with Crippen molar-refractivity contribution in [1.29, 1.82) is 0 Å². The van der Waals surface area contributed by atoms with Gasteiger partial charge >= 0.3 is 18.5 Å². The summed E-state index contributed by atoms with van der Waals surface area (Å²) >= 11 is 0. The van der Waals surface area contributed by atoms with E-state index in [4.69, 9.17) is 16.2 Å². The molecule has 1 aromatic carbocycles. The first kappa shape index (κ1) is 30.3. The molecular formula is C32H46F4N2O3. The number of hydrogen-bond donors (Lipinski definition) is 2. The number of alkyl halides is 4. The lowest BCUT2D eigenvalue weighted by molar-refractivity contribution is -0.258. The minimum atomic E-state index is -5.18. The third-order valence-corrected chi connectivity index (χ3v) is 12.0. The molecule has 0 heterocycles. The summed E-state index contributed by atoms with van der Waals surface area (Å²) < 4.78 is 60.8. The van der Waals surface area contributed by atoms with Crippen LogP contribution in [-0.4, -0.2) is 24.6 Å². The zero-order valence-electron chi connectivity index (χ0n) is 24.5. The van der Waals surface area contributed by atoms with Crippen molar-refractivity contribution in [2.45, 2.75) is 110 Å². The summed E-state index contributed by atoms with van der Waals surface area (Å²) in [5, 5.41) is 0. The Morgan fingerprint density at radius 3 is 2.44 bits per heavy atom. The number of halogens is 4. The van der Waals surface area contributed by atoms with E-state index in [2.05, 4.69) is 25.5 Å². The van der Waals surface area contributed by atoms with Gasteiger partial charge in [-0.3, -0.25) is 4.79 Å². The van der Waals surface area contributed by atoms with Gasteiger partial charge in [0.2, 0.25) is 0 Å². The molecule has 230 valence electrons. The van der Waals surface area contributed by atoms with Crippen molar-refractivity contribution in [3.05, 3.63) is 18.2 Å². The average Bonchev–Trinajstić information content (AvgIpc) is 3.26. The van der Waals surface area contributed by atoms with E-state index in [1.54, 1.807) is 6.07 Å². The van der Waals surface area contributed by atoms with Crippen LogP contribution in [0.5, 0.6) is 5.75 Å². The molecule has 9 heteroatoms. The van der Waals surface area contributed by atoms with E-state index < -0.39 is 18.5 Å². The Morgan fingerprint density at radius 2 is 1.73 bits per heavy atom. The van der Waals surface area contributed by atoms with Crippen LogP contribution in [-0.2, 0) is 9.53 Å². The molecule has 5 rings (SSSR count). The summed E-state index contributed by atoms with van der Waals surface area (Å²) in [6.45, 7) is 7.03. The van der Waals surface area contributed by atoms with Crippen LogP contribution >= 0.6 is 0 Å². The average molecular weight is 583 g/mol. The fraction of sp³-hybridized carbons (Fsp3) is 0.781. The maximum Gasteiger partial charge on any atom is 0.457 e. The molecule has 0 aromatic heterocycles. The van der Waals surface area contributed by atoms with Crippen molar-refractivity contribution in [2.75, 3.05) is 11.5 Å². The second-order valence-corrected chi connectivity index (χ2v) is 14.1. The summed E-state index contributed by atoms with van der Waals surface area (Å²) in [6, 6.07) is 5.46. The van der Waals surface area contributed by atoms with E-state index in [1.807, 2.05) is 12.1 Å². The van der Waals surface area contributed by atoms with Crippen molar-refractivity contribution in [3.63, 3.8) is 0 Å². The van der Waals surface area contributed by atoms with Gasteiger partial charge in [0, 0.05) is 12.1 Å². The number of rotatable bonds is 7. The smallest absolute Gasteiger partial charge is 0.457 e. The van der Waals surface area contributed by atoms with Gasteiger partial charge in [0.15, 0.2) is 0 Å². The predicted molar refractivity (Wildman–Crippen MR) is 150 cm³/mol. The molecule has 0 radical (unpaired) electrons. The Morgan fingerprint density at radius 1 is 1.02 bits per heavy atom. The van der Waals surface area contributed by atoms with Crippen LogP contribution in [0, 0.1) is 46.3 Å². The molecule has 4 aliphatic rings. The van der Waals surface area contributed by atoms with Crippen molar-refractivity contribution in [1.82, 2.24) is 0 Å². The highest BCUT2D eigenvalue weighted by molar-refractivity contribution is 5.69. The lowest BCUT2D eigenvalue weighted by Gasteiger charge is -2.61. The van der Waals surface area contributed by atoms with Crippen LogP contribution in [0.2, 0.25) is 0 Å². The molecule has 0 bridgehead atoms. The molecule has 0 amide bonds. The topological polar surface area (TPSA) is 87.6 Å². The Kier molecular flexibility index (Phi) is 8.23. The Labute approximate surface area is 241 Å². The Balaban J connectivity index is 1.19. The monoisotopic (exact) mass is 582 g/mol. The van der Waals surface area contributed by atoms with Crippen LogP contribution in [0.15, 0.2) is 18.2 Å². The van der Waals surface area contributed by atoms with Gasteiger partial charge in [-0.2, -0.15) is 17.6 Å². The van der Waals surface area contributed by atoms with E-state index in [0.717, 1.165) is 37.9 Å². The maximum atomic E-state index is 13.1. The lowest BCUT2D eigenvalue weighted by atomic mass is 9.44. The molecule has 4 aliphatic carbocycles. The fourth-order valence-electron chi connectivity index (χ4n) is 9.94. The van der Waals surface area contributed by atoms with Crippen LogP contribution in [0.3, 0.4) is 0 Å². The zero-order valence-corrected chi connectivity index (χ0v) is 24.5. The molecular weight excluding hydrogens is 536 g/mol. The number of nitrogen functional groups attached to an aromatic ring is 2. The molecule has 0 spiro atoms. The highest BCUT2D eigenvalue weighted by Crippen LogP contribution is 2.68. The molecule has 1 aromatic rings. The molecule has 10 atom stereocenters. The first-order chi connectivity index (χ1) is 19.2. The summed E-state index contributed by atoms with van der Waals surface area (Å²) in [5.41, 5.74) is 13.7.